The van der Waals surface area contributed by atoms with Crippen LogP contribution in [0.25, 0.3) is 10.8 Å². The highest BCUT2D eigenvalue weighted by molar-refractivity contribution is 5.86. The Morgan fingerprint density at radius 3 is 2.46 bits per heavy atom. The Morgan fingerprint density at radius 2 is 1.75 bits per heavy atom. The molecule has 0 spiro atoms. The number of hydrogen-bond donors (Lipinski definition) is 3. The maximum absolute atomic E-state index is 11.9. The van der Waals surface area contributed by atoms with Crippen LogP contribution in [0.15, 0.2) is 42.5 Å². The Balaban J connectivity index is 1.86. The third-order valence-corrected chi connectivity index (χ3v) is 3.29. The second-order valence-corrected chi connectivity index (χ2v) is 5.20. The van der Waals surface area contributed by atoms with Crippen LogP contribution in [0.3, 0.4) is 0 Å². The molecule has 3 N–H and O–H groups in total. The summed E-state index contributed by atoms with van der Waals surface area (Å²) in [5.74, 6) is -1.66. The number of hydrazine groups is 1. The number of benzene rings is 2. The van der Waals surface area contributed by atoms with E-state index in [0.717, 1.165) is 10.8 Å². The fourth-order valence-corrected chi connectivity index (χ4v) is 2.01. The topological polar surface area (TPSA) is 105 Å². The van der Waals surface area contributed by atoms with Gasteiger partial charge < -0.3 is 9.84 Å². The summed E-state index contributed by atoms with van der Waals surface area (Å²) in [6.45, 7) is 1.55. The zero-order chi connectivity index (χ0) is 17.5. The normalized spacial score (nSPS) is 11.5. The van der Waals surface area contributed by atoms with Gasteiger partial charge in [-0.15, -0.1) is 0 Å². The van der Waals surface area contributed by atoms with Crippen molar-refractivity contribution in [2.45, 2.75) is 25.9 Å². The summed E-state index contributed by atoms with van der Waals surface area (Å²) in [7, 11) is 0. The molecule has 0 fully saturated rings. The predicted octanol–water partition coefficient (Wildman–Crippen LogP) is 1.62. The van der Waals surface area contributed by atoms with Crippen LogP contribution >= 0.6 is 0 Å². The average molecular weight is 330 g/mol. The number of aliphatic carboxylic acids is 1. The van der Waals surface area contributed by atoms with Gasteiger partial charge in [-0.3, -0.25) is 25.2 Å². The van der Waals surface area contributed by atoms with E-state index in [1.807, 2.05) is 36.4 Å². The molecule has 2 aromatic carbocycles. The molecule has 0 aliphatic heterocycles. The molecule has 1 atom stereocenters. The number of rotatable bonds is 6. The molecular formula is C17H18N2O5. The van der Waals surface area contributed by atoms with Crippen LogP contribution in [0.4, 0.5) is 0 Å². The Morgan fingerprint density at radius 1 is 1.04 bits per heavy atom. The van der Waals surface area contributed by atoms with Gasteiger partial charge in [-0.05, 0) is 29.8 Å². The van der Waals surface area contributed by atoms with Crippen molar-refractivity contribution in [1.82, 2.24) is 10.9 Å². The number of carbonyl (C=O) groups excluding carboxylic acids is 2. The molecule has 2 rings (SSSR count). The largest absolute Gasteiger partial charge is 0.481 e. The fourth-order valence-electron chi connectivity index (χ4n) is 2.01. The molecule has 0 saturated heterocycles. The summed E-state index contributed by atoms with van der Waals surface area (Å²) in [4.78, 5) is 33.6. The maximum atomic E-state index is 11.9. The van der Waals surface area contributed by atoms with Gasteiger partial charge in [-0.1, -0.05) is 30.3 Å². The first-order chi connectivity index (χ1) is 11.5. The van der Waals surface area contributed by atoms with E-state index in [1.165, 1.54) is 0 Å². The fraction of sp³-hybridized carbons (Fsp3) is 0.235. The van der Waals surface area contributed by atoms with E-state index in [2.05, 4.69) is 10.9 Å². The van der Waals surface area contributed by atoms with E-state index in [9.17, 15) is 14.4 Å². The number of carbonyl (C=O) groups is 3. The molecule has 0 unspecified atom stereocenters. The van der Waals surface area contributed by atoms with Gasteiger partial charge >= 0.3 is 5.97 Å². The van der Waals surface area contributed by atoms with Crippen LogP contribution in [0, 0.1) is 0 Å². The van der Waals surface area contributed by atoms with Crippen molar-refractivity contribution in [2.24, 2.45) is 0 Å². The van der Waals surface area contributed by atoms with Crippen molar-refractivity contribution in [1.29, 1.82) is 0 Å². The van der Waals surface area contributed by atoms with Crippen LogP contribution in [0.5, 0.6) is 5.75 Å². The van der Waals surface area contributed by atoms with Crippen LogP contribution in [-0.4, -0.2) is 29.0 Å². The molecule has 7 nitrogen and oxygen atoms in total. The van der Waals surface area contributed by atoms with Crippen molar-refractivity contribution < 1.29 is 24.2 Å². The van der Waals surface area contributed by atoms with Gasteiger partial charge in [0.15, 0.2) is 6.10 Å². The molecule has 24 heavy (non-hydrogen) atoms. The average Bonchev–Trinajstić information content (AvgIpc) is 2.57. The standard InChI is InChI=1S/C17H18N2O5/c1-11(17(23)19-18-15(20)8-9-16(21)22)24-14-7-6-12-4-2-3-5-13(12)10-14/h2-7,10-11H,8-9H2,1H3,(H,18,20)(H,19,23)(H,21,22)/t11-/m0/s1. The highest BCUT2D eigenvalue weighted by Crippen LogP contribution is 2.21. The third-order valence-electron chi connectivity index (χ3n) is 3.29. The molecular weight excluding hydrogens is 312 g/mol. The zero-order valence-electron chi connectivity index (χ0n) is 13.1. The SMILES string of the molecule is C[C@H](Oc1ccc2ccccc2c1)C(=O)NNC(=O)CCC(=O)O. The molecule has 0 aliphatic rings. The second-order valence-electron chi connectivity index (χ2n) is 5.20. The van der Waals surface area contributed by atoms with Crippen molar-refractivity contribution in [3.05, 3.63) is 42.5 Å². The minimum absolute atomic E-state index is 0.213. The van der Waals surface area contributed by atoms with Crippen molar-refractivity contribution in [3.8, 4) is 5.75 Å². The highest BCUT2D eigenvalue weighted by Gasteiger charge is 2.15. The Kier molecular flexibility index (Phi) is 5.73. The summed E-state index contributed by atoms with van der Waals surface area (Å²) in [6.07, 6.45) is -1.34. The lowest BCUT2D eigenvalue weighted by molar-refractivity contribution is -0.139. The molecule has 0 bridgehead atoms. The monoisotopic (exact) mass is 330 g/mol. The van der Waals surface area contributed by atoms with E-state index in [0.29, 0.717) is 5.75 Å². The summed E-state index contributed by atoms with van der Waals surface area (Å²) in [5.41, 5.74) is 4.36. The van der Waals surface area contributed by atoms with Gasteiger partial charge in [-0.25, -0.2) is 0 Å². The van der Waals surface area contributed by atoms with Crippen molar-refractivity contribution in [2.75, 3.05) is 0 Å². The lowest BCUT2D eigenvalue weighted by Gasteiger charge is -2.15. The summed E-state index contributed by atoms with van der Waals surface area (Å²) in [6, 6.07) is 13.2. The molecule has 0 heterocycles. The number of carboxylic acids is 1. The van der Waals surface area contributed by atoms with Crippen molar-refractivity contribution >= 4 is 28.6 Å². The molecule has 2 amide bonds. The summed E-state index contributed by atoms with van der Waals surface area (Å²) in [5, 5.41) is 10.5. The van der Waals surface area contributed by atoms with Gasteiger partial charge in [-0.2, -0.15) is 0 Å². The first-order valence-electron chi connectivity index (χ1n) is 7.41. The lowest BCUT2D eigenvalue weighted by Crippen LogP contribution is -2.47. The van der Waals surface area contributed by atoms with Gasteiger partial charge in [0.25, 0.3) is 5.91 Å². The molecule has 0 aromatic heterocycles. The smallest absolute Gasteiger partial charge is 0.303 e. The third kappa shape index (κ3) is 4.98. The van der Waals surface area contributed by atoms with Crippen LogP contribution in [-0.2, 0) is 14.4 Å². The molecule has 0 radical (unpaired) electrons. The minimum Gasteiger partial charge on any atom is -0.481 e. The lowest BCUT2D eigenvalue weighted by atomic mass is 10.1. The predicted molar refractivity (Wildman–Crippen MR) is 87.2 cm³/mol. The van der Waals surface area contributed by atoms with E-state index in [-0.39, 0.29) is 12.8 Å². The van der Waals surface area contributed by atoms with E-state index >= 15 is 0 Å². The Labute approximate surface area is 138 Å². The molecule has 7 heteroatoms. The first kappa shape index (κ1) is 17.3. The van der Waals surface area contributed by atoms with Crippen LogP contribution in [0.1, 0.15) is 19.8 Å². The highest BCUT2D eigenvalue weighted by atomic mass is 16.5. The quantitative estimate of drug-likeness (QED) is 0.698. The van der Waals surface area contributed by atoms with Crippen LogP contribution in [0.2, 0.25) is 0 Å². The van der Waals surface area contributed by atoms with E-state index in [4.69, 9.17) is 9.84 Å². The summed E-state index contributed by atoms with van der Waals surface area (Å²) >= 11 is 0. The first-order valence-corrected chi connectivity index (χ1v) is 7.41. The number of carboxylic acid groups (broad SMARTS) is 1. The molecule has 2 aromatic rings. The second kappa shape index (κ2) is 7.96. The molecule has 126 valence electrons. The number of hydrogen-bond acceptors (Lipinski definition) is 4. The molecule has 0 saturated carbocycles. The number of fused-ring (bicyclic) bond motifs is 1. The number of nitrogens with one attached hydrogen (secondary N) is 2. The van der Waals surface area contributed by atoms with Gasteiger partial charge in [0.1, 0.15) is 5.75 Å². The van der Waals surface area contributed by atoms with Crippen molar-refractivity contribution in [3.63, 3.8) is 0 Å². The van der Waals surface area contributed by atoms with Gasteiger partial charge in [0, 0.05) is 6.42 Å². The zero-order valence-corrected chi connectivity index (χ0v) is 13.1. The minimum atomic E-state index is -1.08. The summed E-state index contributed by atoms with van der Waals surface area (Å²) < 4.78 is 5.56. The Hall–Kier alpha value is -3.09. The van der Waals surface area contributed by atoms with Crippen LogP contribution < -0.4 is 15.6 Å². The molecule has 0 aliphatic carbocycles. The maximum Gasteiger partial charge on any atom is 0.303 e. The van der Waals surface area contributed by atoms with E-state index in [1.54, 1.807) is 13.0 Å². The van der Waals surface area contributed by atoms with Gasteiger partial charge in [0.05, 0.1) is 6.42 Å². The number of ether oxygens (including phenoxy) is 1. The number of amides is 2. The van der Waals surface area contributed by atoms with Gasteiger partial charge in [0.2, 0.25) is 5.91 Å². The van der Waals surface area contributed by atoms with E-state index < -0.39 is 23.9 Å². The Bertz CT molecular complexity index is 759.